The highest BCUT2D eigenvalue weighted by atomic mass is 16.1. The van der Waals surface area contributed by atoms with Crippen LogP contribution in [0.3, 0.4) is 0 Å². The van der Waals surface area contributed by atoms with Gasteiger partial charge in [-0.05, 0) is 53.4 Å². The van der Waals surface area contributed by atoms with Crippen LogP contribution in [0.1, 0.15) is 36.0 Å². The number of amides is 1. The van der Waals surface area contributed by atoms with Crippen LogP contribution in [-0.2, 0) is 24.3 Å². The summed E-state index contributed by atoms with van der Waals surface area (Å²) in [6.07, 6.45) is 4.35. The Morgan fingerprint density at radius 3 is 2.32 bits per heavy atom. The summed E-state index contributed by atoms with van der Waals surface area (Å²) in [5.41, 5.74) is 3.63. The van der Waals surface area contributed by atoms with Gasteiger partial charge in [-0.2, -0.15) is 0 Å². The number of hydrogen-bond acceptors (Lipinski definition) is 2. The lowest BCUT2D eigenvalue weighted by atomic mass is 10.0. The van der Waals surface area contributed by atoms with E-state index in [0.29, 0.717) is 13.0 Å². The van der Waals surface area contributed by atoms with Crippen LogP contribution >= 0.6 is 0 Å². The fourth-order valence-corrected chi connectivity index (χ4v) is 4.12. The Morgan fingerprint density at radius 2 is 1.46 bits per heavy atom. The van der Waals surface area contributed by atoms with Crippen LogP contribution in [0.5, 0.6) is 0 Å². The topological polar surface area (TPSA) is 32.3 Å². The predicted molar refractivity (Wildman–Crippen MR) is 115 cm³/mol. The molecule has 3 aromatic carbocycles. The van der Waals surface area contributed by atoms with E-state index in [0.717, 1.165) is 17.5 Å². The Bertz CT molecular complexity index is 939. The minimum atomic E-state index is 0.0733. The summed E-state index contributed by atoms with van der Waals surface area (Å²) in [5, 5.41) is 5.47. The first-order valence-corrected chi connectivity index (χ1v) is 10.3. The van der Waals surface area contributed by atoms with Crippen LogP contribution in [0, 0.1) is 0 Å². The Morgan fingerprint density at radius 1 is 0.786 bits per heavy atom. The summed E-state index contributed by atoms with van der Waals surface area (Å²) < 4.78 is 0. The Labute approximate surface area is 167 Å². The zero-order valence-corrected chi connectivity index (χ0v) is 16.4. The Kier molecular flexibility index (Phi) is 6.03. The first kappa shape index (κ1) is 18.7. The summed E-state index contributed by atoms with van der Waals surface area (Å²) in [4.78, 5) is 15.1. The quantitative estimate of drug-likeness (QED) is 0.681. The zero-order valence-electron chi connectivity index (χ0n) is 16.4. The van der Waals surface area contributed by atoms with E-state index in [4.69, 9.17) is 0 Å². The molecule has 0 saturated carbocycles. The third-order valence-corrected chi connectivity index (χ3v) is 5.67. The van der Waals surface area contributed by atoms with Crippen LogP contribution in [-0.4, -0.2) is 23.9 Å². The lowest BCUT2D eigenvalue weighted by molar-refractivity contribution is -0.120. The molecule has 4 rings (SSSR count). The molecule has 144 valence electrons. The highest BCUT2D eigenvalue weighted by Gasteiger charge is 2.13. The first-order chi connectivity index (χ1) is 13.8. The summed E-state index contributed by atoms with van der Waals surface area (Å²) in [5.74, 6) is 0.0733. The van der Waals surface area contributed by atoms with Crippen LogP contribution in [0.15, 0.2) is 66.7 Å². The second-order valence-electron chi connectivity index (χ2n) is 7.70. The van der Waals surface area contributed by atoms with Gasteiger partial charge in [-0.15, -0.1) is 0 Å². The van der Waals surface area contributed by atoms with E-state index in [1.165, 1.54) is 48.9 Å². The van der Waals surface area contributed by atoms with Crippen LogP contribution in [0.25, 0.3) is 10.8 Å². The summed E-state index contributed by atoms with van der Waals surface area (Å²) in [6.45, 7) is 3.94. The molecule has 1 N–H and O–H groups in total. The highest BCUT2D eigenvalue weighted by Crippen LogP contribution is 2.19. The summed E-state index contributed by atoms with van der Waals surface area (Å²) in [7, 11) is 0. The minimum absolute atomic E-state index is 0.0733. The molecule has 0 aliphatic carbocycles. The van der Waals surface area contributed by atoms with Gasteiger partial charge in [0.2, 0.25) is 5.91 Å². The van der Waals surface area contributed by atoms with E-state index in [-0.39, 0.29) is 5.91 Å². The van der Waals surface area contributed by atoms with E-state index in [2.05, 4.69) is 52.7 Å². The van der Waals surface area contributed by atoms with Gasteiger partial charge in [-0.1, -0.05) is 73.2 Å². The zero-order chi connectivity index (χ0) is 19.2. The lowest BCUT2D eigenvalue weighted by Gasteiger charge is -2.27. The average molecular weight is 373 g/mol. The van der Waals surface area contributed by atoms with Crippen molar-refractivity contribution in [2.24, 2.45) is 0 Å². The van der Waals surface area contributed by atoms with E-state index >= 15 is 0 Å². The maximum atomic E-state index is 12.6. The molecule has 0 aromatic heterocycles. The first-order valence-electron chi connectivity index (χ1n) is 10.3. The van der Waals surface area contributed by atoms with Crippen molar-refractivity contribution in [3.63, 3.8) is 0 Å². The van der Waals surface area contributed by atoms with Crippen LogP contribution < -0.4 is 5.32 Å². The molecule has 0 bridgehead atoms. The molecule has 3 nitrogen and oxygen atoms in total. The number of benzene rings is 3. The van der Waals surface area contributed by atoms with Gasteiger partial charge in [0.25, 0.3) is 0 Å². The maximum Gasteiger partial charge on any atom is 0.224 e. The fraction of sp³-hybridized carbons (Fsp3) is 0.320. The predicted octanol–water partition coefficient (Wildman–Crippen LogP) is 4.68. The number of nitrogens with one attached hydrogen (secondary N) is 1. The van der Waals surface area contributed by atoms with E-state index < -0.39 is 0 Å². The summed E-state index contributed by atoms with van der Waals surface area (Å²) >= 11 is 0. The third-order valence-electron chi connectivity index (χ3n) is 5.67. The molecule has 1 heterocycles. The third kappa shape index (κ3) is 4.60. The van der Waals surface area contributed by atoms with Gasteiger partial charge in [0.05, 0.1) is 6.42 Å². The standard InChI is InChI=1S/C25H28N2O/c28-25(17-21-13-8-12-20-9-4-5-14-24(20)21)26-18-22-10-2-3-11-23(22)19-27-15-6-1-7-16-27/h2-5,8-14H,1,6-7,15-19H2,(H,26,28). The molecule has 3 aromatic rings. The number of carbonyl (C=O) groups is 1. The molecule has 3 heteroatoms. The number of hydrogen-bond donors (Lipinski definition) is 1. The van der Waals surface area contributed by atoms with Crippen molar-refractivity contribution in [1.82, 2.24) is 10.2 Å². The monoisotopic (exact) mass is 372 g/mol. The Hall–Kier alpha value is -2.65. The molecule has 1 aliphatic rings. The normalized spacial score (nSPS) is 14.9. The lowest BCUT2D eigenvalue weighted by Crippen LogP contribution is -2.30. The molecule has 0 radical (unpaired) electrons. The van der Waals surface area contributed by atoms with Crippen molar-refractivity contribution in [3.05, 3.63) is 83.4 Å². The molecule has 0 spiro atoms. The number of piperidine rings is 1. The molecule has 0 unspecified atom stereocenters. The number of likely N-dealkylation sites (tertiary alicyclic amines) is 1. The molecule has 1 aliphatic heterocycles. The molecule has 0 atom stereocenters. The van der Waals surface area contributed by atoms with Crippen LogP contribution in [0.4, 0.5) is 0 Å². The molecule has 1 saturated heterocycles. The fourth-order valence-electron chi connectivity index (χ4n) is 4.12. The van der Waals surface area contributed by atoms with Gasteiger partial charge in [-0.3, -0.25) is 9.69 Å². The van der Waals surface area contributed by atoms with Gasteiger partial charge in [-0.25, -0.2) is 0 Å². The van der Waals surface area contributed by atoms with Gasteiger partial charge >= 0.3 is 0 Å². The van der Waals surface area contributed by atoms with Crippen LogP contribution in [0.2, 0.25) is 0 Å². The molecule has 28 heavy (non-hydrogen) atoms. The van der Waals surface area contributed by atoms with Crippen molar-refractivity contribution in [3.8, 4) is 0 Å². The smallest absolute Gasteiger partial charge is 0.224 e. The van der Waals surface area contributed by atoms with Gasteiger partial charge in [0.15, 0.2) is 0 Å². The molecular weight excluding hydrogens is 344 g/mol. The van der Waals surface area contributed by atoms with E-state index in [1.54, 1.807) is 0 Å². The van der Waals surface area contributed by atoms with Crippen molar-refractivity contribution < 1.29 is 4.79 Å². The highest BCUT2D eigenvalue weighted by molar-refractivity contribution is 5.90. The molecule has 1 amide bonds. The molecule has 1 fully saturated rings. The number of nitrogens with zero attached hydrogens (tertiary/aromatic N) is 1. The van der Waals surface area contributed by atoms with E-state index in [9.17, 15) is 4.79 Å². The van der Waals surface area contributed by atoms with Gasteiger partial charge < -0.3 is 5.32 Å². The van der Waals surface area contributed by atoms with Gasteiger partial charge in [0.1, 0.15) is 0 Å². The average Bonchev–Trinajstić information content (AvgIpc) is 2.74. The number of carbonyl (C=O) groups excluding carboxylic acids is 1. The SMILES string of the molecule is O=C(Cc1cccc2ccccc12)NCc1ccccc1CN1CCCCC1. The van der Waals surface area contributed by atoms with Crippen molar-refractivity contribution >= 4 is 16.7 Å². The Balaban J connectivity index is 1.39. The number of fused-ring (bicyclic) bond motifs is 1. The second kappa shape index (κ2) is 9.03. The van der Waals surface area contributed by atoms with E-state index in [1.807, 2.05) is 24.3 Å². The number of rotatable bonds is 6. The van der Waals surface area contributed by atoms with Crippen molar-refractivity contribution in [2.45, 2.75) is 38.8 Å². The minimum Gasteiger partial charge on any atom is -0.352 e. The molecular formula is C25H28N2O. The largest absolute Gasteiger partial charge is 0.352 e. The van der Waals surface area contributed by atoms with Gasteiger partial charge in [0, 0.05) is 13.1 Å². The maximum absolute atomic E-state index is 12.6. The van der Waals surface area contributed by atoms with Crippen molar-refractivity contribution in [2.75, 3.05) is 13.1 Å². The summed E-state index contributed by atoms with van der Waals surface area (Å²) in [6, 6.07) is 22.9. The van der Waals surface area contributed by atoms with Crippen molar-refractivity contribution in [1.29, 1.82) is 0 Å². The second-order valence-corrected chi connectivity index (χ2v) is 7.70.